The first-order valence-corrected chi connectivity index (χ1v) is 3.33. The van der Waals surface area contributed by atoms with Crippen LogP contribution in [0.2, 0.25) is 0 Å². The third-order valence-electron chi connectivity index (χ3n) is 1.44. The molecule has 0 unspecified atom stereocenters. The van der Waals surface area contributed by atoms with E-state index in [1.54, 1.807) is 0 Å². The SMILES string of the molecule is O.O.O.O=C(O)CC(CC(=O)O)(OO)C(=O)O.[H-].[K+]. The van der Waals surface area contributed by atoms with E-state index in [1.807, 2.05) is 0 Å². The van der Waals surface area contributed by atoms with Crippen LogP contribution in [0.5, 0.6) is 0 Å². The van der Waals surface area contributed by atoms with Gasteiger partial charge >= 0.3 is 69.3 Å². The summed E-state index contributed by atoms with van der Waals surface area (Å²) < 4.78 is 0. The van der Waals surface area contributed by atoms with Gasteiger partial charge in [0.15, 0.2) is 0 Å². The summed E-state index contributed by atoms with van der Waals surface area (Å²) in [6.07, 6.45) is -2.30. The van der Waals surface area contributed by atoms with Crippen LogP contribution in [-0.2, 0) is 19.3 Å². The molecule has 10 N–H and O–H groups in total. The van der Waals surface area contributed by atoms with Crippen LogP contribution >= 0.6 is 0 Å². The number of hydrogen-bond donors (Lipinski definition) is 4. The molecule has 11 nitrogen and oxygen atoms in total. The Morgan fingerprint density at radius 1 is 0.944 bits per heavy atom. The molecule has 0 aliphatic carbocycles. The number of carboxylic acid groups (broad SMARTS) is 3. The van der Waals surface area contributed by atoms with E-state index in [1.165, 1.54) is 0 Å². The number of carboxylic acids is 3. The van der Waals surface area contributed by atoms with Crippen molar-refractivity contribution in [1.82, 2.24) is 0 Å². The minimum Gasteiger partial charge on any atom is -1.00 e. The van der Waals surface area contributed by atoms with E-state index in [2.05, 4.69) is 4.89 Å². The van der Waals surface area contributed by atoms with E-state index < -0.39 is 36.4 Å². The second kappa shape index (κ2) is 13.3. The van der Waals surface area contributed by atoms with E-state index in [9.17, 15) is 14.4 Å². The molecule has 0 radical (unpaired) electrons. The predicted molar refractivity (Wildman–Crippen MR) is 50.5 cm³/mol. The maximum Gasteiger partial charge on any atom is 1.00 e. The van der Waals surface area contributed by atoms with Crippen molar-refractivity contribution in [2.75, 3.05) is 0 Å². The molecule has 0 spiro atoms. The van der Waals surface area contributed by atoms with Gasteiger partial charge in [-0.15, -0.1) is 0 Å². The van der Waals surface area contributed by atoms with Gasteiger partial charge in [0.1, 0.15) is 0 Å². The van der Waals surface area contributed by atoms with Crippen molar-refractivity contribution in [3.05, 3.63) is 0 Å². The first-order chi connectivity index (χ1) is 6.34. The Bertz CT molecular complexity index is 254. The summed E-state index contributed by atoms with van der Waals surface area (Å²) in [5.41, 5.74) is -2.64. The molecule has 0 saturated heterocycles. The Labute approximate surface area is 144 Å². The monoisotopic (exact) mass is 302 g/mol. The summed E-state index contributed by atoms with van der Waals surface area (Å²) in [7, 11) is 0. The van der Waals surface area contributed by atoms with Crippen molar-refractivity contribution >= 4 is 17.9 Å². The maximum atomic E-state index is 10.5. The van der Waals surface area contributed by atoms with Gasteiger partial charge in [0, 0.05) is 0 Å². The third kappa shape index (κ3) is 9.83. The fraction of sp³-hybridized carbons (Fsp3) is 0.500. The van der Waals surface area contributed by atoms with Gasteiger partial charge in [0.25, 0.3) is 0 Å². The third-order valence-corrected chi connectivity index (χ3v) is 1.44. The second-order valence-corrected chi connectivity index (χ2v) is 2.53. The van der Waals surface area contributed by atoms with Crippen molar-refractivity contribution in [3.63, 3.8) is 0 Å². The van der Waals surface area contributed by atoms with E-state index in [-0.39, 0.29) is 69.2 Å². The van der Waals surface area contributed by atoms with Gasteiger partial charge in [-0.1, -0.05) is 0 Å². The summed E-state index contributed by atoms with van der Waals surface area (Å²) in [5, 5.41) is 33.3. The van der Waals surface area contributed by atoms with Crippen LogP contribution in [0.15, 0.2) is 0 Å². The van der Waals surface area contributed by atoms with Crippen molar-refractivity contribution < 1.29 is 109 Å². The molecule has 0 aliphatic heterocycles. The summed E-state index contributed by atoms with van der Waals surface area (Å²) >= 11 is 0. The van der Waals surface area contributed by atoms with E-state index in [0.717, 1.165) is 0 Å². The Kier molecular flexibility index (Phi) is 22.6. The van der Waals surface area contributed by atoms with Crippen molar-refractivity contribution in [2.45, 2.75) is 18.4 Å². The Balaban J connectivity index is -0.0000000845. The fourth-order valence-corrected chi connectivity index (χ4v) is 0.806. The zero-order valence-corrected chi connectivity index (χ0v) is 12.5. The van der Waals surface area contributed by atoms with Crippen LogP contribution < -0.4 is 51.4 Å². The fourth-order valence-electron chi connectivity index (χ4n) is 0.806. The first kappa shape index (κ1) is 30.7. The van der Waals surface area contributed by atoms with Gasteiger partial charge in [0.05, 0.1) is 12.8 Å². The minimum atomic E-state index is -2.64. The second-order valence-electron chi connectivity index (χ2n) is 2.53. The summed E-state index contributed by atoms with van der Waals surface area (Å²) in [6.45, 7) is 0. The molecule has 0 atom stereocenters. The van der Waals surface area contributed by atoms with Crippen LogP contribution in [0.4, 0.5) is 0 Å². The molecule has 18 heavy (non-hydrogen) atoms. The van der Waals surface area contributed by atoms with E-state index in [4.69, 9.17) is 20.6 Å². The topological polar surface area (TPSA) is 236 Å². The van der Waals surface area contributed by atoms with E-state index in [0.29, 0.717) is 0 Å². The van der Waals surface area contributed by atoms with Gasteiger partial charge in [-0.2, -0.15) is 0 Å². The van der Waals surface area contributed by atoms with Crippen LogP contribution in [0.1, 0.15) is 14.3 Å². The van der Waals surface area contributed by atoms with Gasteiger partial charge in [-0.3, -0.25) is 14.8 Å². The quantitative estimate of drug-likeness (QED) is 0.208. The van der Waals surface area contributed by atoms with E-state index >= 15 is 0 Å². The zero-order valence-electron chi connectivity index (χ0n) is 10.3. The minimum absolute atomic E-state index is 0. The van der Waals surface area contributed by atoms with Crippen LogP contribution in [0, 0.1) is 0 Å². The smallest absolute Gasteiger partial charge is 1.00 e. The molecule has 0 aromatic heterocycles. The molecule has 0 aromatic rings. The van der Waals surface area contributed by atoms with Crippen molar-refractivity contribution in [2.24, 2.45) is 0 Å². The number of carbonyl (C=O) groups is 3. The Morgan fingerprint density at radius 3 is 1.33 bits per heavy atom. The largest absolute Gasteiger partial charge is 1.00 e. The number of hydrogen-bond acceptors (Lipinski definition) is 5. The maximum absolute atomic E-state index is 10.5. The Hall–Kier alpha value is -0.154. The molecule has 0 bridgehead atoms. The van der Waals surface area contributed by atoms with Gasteiger partial charge < -0.3 is 33.2 Å². The number of rotatable bonds is 6. The van der Waals surface area contributed by atoms with Crippen LogP contribution in [0.25, 0.3) is 0 Å². The van der Waals surface area contributed by atoms with Crippen LogP contribution in [0.3, 0.4) is 0 Å². The molecule has 0 aliphatic rings. The van der Waals surface area contributed by atoms with Crippen molar-refractivity contribution in [1.29, 1.82) is 0 Å². The molecule has 0 saturated carbocycles. The van der Waals surface area contributed by atoms with Gasteiger partial charge in [-0.05, 0) is 0 Å². The molecular formula is C6H15KO11. The molecule has 0 rings (SSSR count). The van der Waals surface area contributed by atoms with Crippen LogP contribution in [-0.4, -0.2) is 60.5 Å². The molecular weight excluding hydrogens is 287 g/mol. The standard InChI is InChI=1S/C6H8O8.K.3H2O.H/c7-3(8)1-6(14-13,5(11)12)2-4(9)10;;;;;/h13H,1-2H2,(H,7,8)(H,9,10)(H,11,12);;3*1H2;/q;+1;;;;-1. The predicted octanol–water partition coefficient (Wildman–Crippen LogP) is -6.11. The molecule has 12 heteroatoms. The van der Waals surface area contributed by atoms with Gasteiger partial charge in [-0.25, -0.2) is 9.68 Å². The average Bonchev–Trinajstić information content (AvgIpc) is 2.00. The summed E-state index contributed by atoms with van der Waals surface area (Å²) in [6, 6.07) is 0. The van der Waals surface area contributed by atoms with Crippen molar-refractivity contribution in [3.8, 4) is 0 Å². The first-order valence-electron chi connectivity index (χ1n) is 3.33. The Morgan fingerprint density at radius 2 is 1.22 bits per heavy atom. The molecule has 0 fully saturated rings. The summed E-state index contributed by atoms with van der Waals surface area (Å²) in [5.74, 6) is -5.05. The van der Waals surface area contributed by atoms with Gasteiger partial charge in [0.2, 0.25) is 5.60 Å². The normalized spacial score (nSPS) is 8.50. The molecule has 0 amide bonds. The summed E-state index contributed by atoms with van der Waals surface area (Å²) in [4.78, 5) is 34.4. The molecule has 106 valence electrons. The average molecular weight is 302 g/mol. The number of aliphatic carboxylic acids is 3. The zero-order chi connectivity index (χ0) is 11.4. The molecule has 0 aromatic carbocycles. The molecule has 0 heterocycles.